The summed E-state index contributed by atoms with van der Waals surface area (Å²) in [4.78, 5) is 19.1. The van der Waals surface area contributed by atoms with Gasteiger partial charge in [-0.25, -0.2) is 4.99 Å². The van der Waals surface area contributed by atoms with Gasteiger partial charge in [-0.3, -0.25) is 4.79 Å². The van der Waals surface area contributed by atoms with Gasteiger partial charge < -0.3 is 9.73 Å². The first kappa shape index (κ1) is 18.7. The molecule has 1 amide bonds. The molecule has 3 aromatic rings. The molecule has 2 aromatic heterocycles. The number of aryl methyl sites for hydroxylation is 2. The molecule has 0 spiro atoms. The number of hydrogen-bond donors (Lipinski definition) is 1. The number of carbonyl (C=O) groups excluding carboxylic acids is 1. The van der Waals surface area contributed by atoms with Crippen LogP contribution >= 0.6 is 11.3 Å². The minimum Gasteiger partial charge on any atom is -0.460 e. The zero-order valence-electron chi connectivity index (χ0n) is 16.0. The molecule has 0 aliphatic heterocycles. The maximum absolute atomic E-state index is 13.2. The van der Waals surface area contributed by atoms with Crippen molar-refractivity contribution in [2.45, 2.75) is 45.4 Å². The van der Waals surface area contributed by atoms with Crippen molar-refractivity contribution in [1.29, 1.82) is 0 Å². The van der Waals surface area contributed by atoms with Crippen molar-refractivity contribution in [2.75, 3.05) is 5.32 Å². The molecule has 5 heteroatoms. The Hall–Kier alpha value is -2.66. The molecule has 0 saturated heterocycles. The molecule has 1 N–H and O–H groups in total. The average molecular weight is 393 g/mol. The molecule has 4 nitrogen and oxygen atoms in total. The van der Waals surface area contributed by atoms with Crippen molar-refractivity contribution in [3.05, 3.63) is 70.0 Å². The van der Waals surface area contributed by atoms with E-state index >= 15 is 0 Å². The van der Waals surface area contributed by atoms with Crippen LogP contribution in [0.3, 0.4) is 0 Å². The predicted octanol–water partition coefficient (Wildman–Crippen LogP) is 6.31. The van der Waals surface area contributed by atoms with Gasteiger partial charge in [0.05, 0.1) is 11.8 Å². The van der Waals surface area contributed by atoms with Gasteiger partial charge in [-0.2, -0.15) is 0 Å². The number of hydrogen-bond acceptors (Lipinski definition) is 4. The summed E-state index contributed by atoms with van der Waals surface area (Å²) in [5.41, 5.74) is 2.71. The van der Waals surface area contributed by atoms with Gasteiger partial charge >= 0.3 is 0 Å². The molecule has 4 rings (SSSR count). The normalized spacial score (nSPS) is 14.5. The topological polar surface area (TPSA) is 54.6 Å². The summed E-state index contributed by atoms with van der Waals surface area (Å²) in [5, 5.41) is 3.82. The van der Waals surface area contributed by atoms with Crippen molar-refractivity contribution in [3.8, 4) is 0 Å². The number of para-hydroxylation sites is 1. The highest BCUT2D eigenvalue weighted by molar-refractivity contribution is 7.16. The van der Waals surface area contributed by atoms with Crippen LogP contribution in [0.25, 0.3) is 0 Å². The van der Waals surface area contributed by atoms with E-state index in [1.807, 2.05) is 49.4 Å². The van der Waals surface area contributed by atoms with Crippen LogP contribution in [0.2, 0.25) is 0 Å². The summed E-state index contributed by atoms with van der Waals surface area (Å²) in [6.07, 6.45) is 8.46. The Morgan fingerprint density at radius 3 is 2.61 bits per heavy atom. The second kappa shape index (κ2) is 8.57. The molecule has 1 aliphatic carbocycles. The van der Waals surface area contributed by atoms with Crippen LogP contribution in [0.1, 0.15) is 58.0 Å². The third-order valence-electron chi connectivity index (χ3n) is 4.98. The highest BCUT2D eigenvalue weighted by Gasteiger charge is 2.24. The monoisotopic (exact) mass is 392 g/mol. The van der Waals surface area contributed by atoms with Crippen LogP contribution in [0.15, 0.2) is 51.9 Å². The van der Waals surface area contributed by atoms with Crippen LogP contribution in [0.5, 0.6) is 0 Å². The summed E-state index contributed by atoms with van der Waals surface area (Å²) in [7, 11) is 0. The molecule has 0 atom stereocenters. The first-order valence-corrected chi connectivity index (χ1v) is 10.6. The van der Waals surface area contributed by atoms with E-state index in [4.69, 9.17) is 4.42 Å². The van der Waals surface area contributed by atoms with Crippen LogP contribution < -0.4 is 5.32 Å². The Bertz CT molecular complexity index is 985. The fourth-order valence-corrected chi connectivity index (χ4v) is 4.82. The summed E-state index contributed by atoms with van der Waals surface area (Å²) in [6.45, 7) is 1.91. The van der Waals surface area contributed by atoms with Gasteiger partial charge in [0.25, 0.3) is 5.91 Å². The van der Waals surface area contributed by atoms with E-state index < -0.39 is 0 Å². The van der Waals surface area contributed by atoms with Gasteiger partial charge in [-0.15, -0.1) is 11.3 Å². The summed E-state index contributed by atoms with van der Waals surface area (Å²) >= 11 is 1.65. The number of amides is 1. The number of anilines is 1. The number of furan rings is 1. The van der Waals surface area contributed by atoms with Crippen LogP contribution in [-0.2, 0) is 12.8 Å². The lowest BCUT2D eigenvalue weighted by Crippen LogP contribution is -2.14. The third-order valence-corrected chi connectivity index (χ3v) is 6.18. The molecular weight excluding hydrogens is 368 g/mol. The summed E-state index contributed by atoms with van der Waals surface area (Å²) in [5.74, 6) is 1.47. The summed E-state index contributed by atoms with van der Waals surface area (Å²) in [6, 6.07) is 13.4. The SMILES string of the molecule is Cc1ccc(C=Nc2sc3c(c2C(=O)Nc2ccccc2)CCCCCC3)o1. The minimum atomic E-state index is -0.0768. The molecule has 0 radical (unpaired) electrons. The van der Waals surface area contributed by atoms with E-state index in [-0.39, 0.29) is 5.91 Å². The fraction of sp³-hybridized carbons (Fsp3) is 0.304. The Kier molecular flexibility index (Phi) is 5.72. The maximum Gasteiger partial charge on any atom is 0.259 e. The second-order valence-corrected chi connectivity index (χ2v) is 8.21. The van der Waals surface area contributed by atoms with Gasteiger partial charge in [0.1, 0.15) is 16.5 Å². The molecule has 0 saturated carbocycles. The van der Waals surface area contributed by atoms with E-state index in [1.54, 1.807) is 17.6 Å². The lowest BCUT2D eigenvalue weighted by atomic mass is 9.96. The molecular formula is C23H24N2O2S. The first-order chi connectivity index (χ1) is 13.7. The Balaban J connectivity index is 1.70. The Labute approximate surface area is 169 Å². The van der Waals surface area contributed by atoms with Crippen molar-refractivity contribution >= 4 is 34.1 Å². The quantitative estimate of drug-likeness (QED) is 0.529. The number of benzene rings is 1. The lowest BCUT2D eigenvalue weighted by Gasteiger charge is -2.11. The number of carbonyl (C=O) groups is 1. The average Bonchev–Trinajstić information content (AvgIpc) is 3.24. The van der Waals surface area contributed by atoms with Crippen molar-refractivity contribution in [1.82, 2.24) is 0 Å². The van der Waals surface area contributed by atoms with Gasteiger partial charge in [-0.1, -0.05) is 31.0 Å². The number of aliphatic imine (C=N–C) groups is 1. The van der Waals surface area contributed by atoms with Crippen LogP contribution in [0.4, 0.5) is 10.7 Å². The van der Waals surface area contributed by atoms with Gasteiger partial charge in [0.2, 0.25) is 0 Å². The van der Waals surface area contributed by atoms with E-state index in [9.17, 15) is 4.79 Å². The van der Waals surface area contributed by atoms with Gasteiger partial charge in [0.15, 0.2) is 0 Å². The van der Waals surface area contributed by atoms with Crippen LogP contribution in [0, 0.1) is 6.92 Å². The van der Waals surface area contributed by atoms with E-state index in [2.05, 4.69) is 10.3 Å². The number of rotatable bonds is 4. The smallest absolute Gasteiger partial charge is 0.259 e. The number of nitrogens with zero attached hydrogens (tertiary/aromatic N) is 1. The number of thiophene rings is 1. The molecule has 28 heavy (non-hydrogen) atoms. The van der Waals surface area contributed by atoms with Crippen molar-refractivity contribution < 1.29 is 9.21 Å². The van der Waals surface area contributed by atoms with Gasteiger partial charge in [0, 0.05) is 10.6 Å². The number of fused-ring (bicyclic) bond motifs is 1. The molecule has 0 bridgehead atoms. The Morgan fingerprint density at radius 1 is 1.07 bits per heavy atom. The molecule has 1 aliphatic rings. The molecule has 2 heterocycles. The lowest BCUT2D eigenvalue weighted by molar-refractivity contribution is 0.102. The van der Waals surface area contributed by atoms with Gasteiger partial charge in [-0.05, 0) is 62.4 Å². The molecule has 0 unspecified atom stereocenters. The van der Waals surface area contributed by atoms with Crippen LogP contribution in [-0.4, -0.2) is 12.1 Å². The Morgan fingerprint density at radius 2 is 1.86 bits per heavy atom. The highest BCUT2D eigenvalue weighted by Crippen LogP contribution is 2.39. The maximum atomic E-state index is 13.2. The molecule has 0 fully saturated rings. The zero-order chi connectivity index (χ0) is 19.3. The number of nitrogens with one attached hydrogen (secondary N) is 1. The van der Waals surface area contributed by atoms with Crippen molar-refractivity contribution in [2.24, 2.45) is 4.99 Å². The third kappa shape index (κ3) is 4.25. The highest BCUT2D eigenvalue weighted by atomic mass is 32.1. The predicted molar refractivity (Wildman–Crippen MR) is 115 cm³/mol. The first-order valence-electron chi connectivity index (χ1n) is 9.82. The van der Waals surface area contributed by atoms with E-state index in [0.29, 0.717) is 5.76 Å². The van der Waals surface area contributed by atoms with E-state index in [1.165, 1.54) is 29.7 Å². The van der Waals surface area contributed by atoms with E-state index in [0.717, 1.165) is 41.3 Å². The zero-order valence-corrected chi connectivity index (χ0v) is 16.8. The summed E-state index contributed by atoms with van der Waals surface area (Å²) < 4.78 is 5.60. The minimum absolute atomic E-state index is 0.0768. The largest absolute Gasteiger partial charge is 0.460 e. The molecule has 1 aromatic carbocycles. The molecule has 144 valence electrons. The second-order valence-electron chi connectivity index (χ2n) is 7.12. The van der Waals surface area contributed by atoms with Crippen molar-refractivity contribution in [3.63, 3.8) is 0 Å². The standard InChI is InChI=1S/C23H24N2O2S/c1-16-13-14-18(27-16)15-24-23-21(22(26)25-17-9-5-4-6-10-17)19-11-7-2-3-8-12-20(19)28-23/h4-6,9-10,13-15H,2-3,7-8,11-12H2,1H3,(H,25,26). The fourth-order valence-electron chi connectivity index (χ4n) is 3.59.